The van der Waals surface area contributed by atoms with Crippen molar-refractivity contribution in [1.82, 2.24) is 29.8 Å². The number of aliphatic hydroxyl groups excluding tert-OH is 1. The fourth-order valence-corrected chi connectivity index (χ4v) is 1.25. The van der Waals surface area contributed by atoms with Crippen LogP contribution in [0.15, 0.2) is 12.5 Å². The van der Waals surface area contributed by atoms with Crippen LogP contribution in [-0.4, -0.2) is 41.5 Å². The van der Waals surface area contributed by atoms with Gasteiger partial charge in [0.15, 0.2) is 0 Å². The van der Waals surface area contributed by atoms with Gasteiger partial charge in [0, 0.05) is 26.3 Å². The molecular formula is C8H12N6O. The van der Waals surface area contributed by atoms with Gasteiger partial charge < -0.3 is 5.11 Å². The third-order valence-corrected chi connectivity index (χ3v) is 2.06. The minimum absolute atomic E-state index is 0.0860. The molecule has 80 valence electrons. The van der Waals surface area contributed by atoms with Crippen molar-refractivity contribution < 1.29 is 5.11 Å². The maximum Gasteiger partial charge on any atom is 0.148 e. The second-order valence-electron chi connectivity index (χ2n) is 3.18. The Hall–Kier alpha value is -1.76. The van der Waals surface area contributed by atoms with E-state index in [1.165, 1.54) is 6.33 Å². The normalized spacial score (nSPS) is 10.8. The Morgan fingerprint density at radius 2 is 2.33 bits per heavy atom. The topological polar surface area (TPSA) is 81.7 Å². The minimum Gasteiger partial charge on any atom is -0.396 e. The summed E-state index contributed by atoms with van der Waals surface area (Å²) in [6.07, 6.45) is 3.82. The molecule has 0 aliphatic rings. The van der Waals surface area contributed by atoms with Crippen LogP contribution in [0.2, 0.25) is 0 Å². The van der Waals surface area contributed by atoms with E-state index in [-0.39, 0.29) is 6.61 Å². The summed E-state index contributed by atoms with van der Waals surface area (Å²) >= 11 is 0. The Labute approximate surface area is 86.4 Å². The highest BCUT2D eigenvalue weighted by Gasteiger charge is 2.04. The first-order valence-corrected chi connectivity index (χ1v) is 4.62. The molecule has 0 spiro atoms. The molecule has 2 aromatic heterocycles. The highest BCUT2D eigenvalue weighted by molar-refractivity contribution is 4.94. The molecule has 15 heavy (non-hydrogen) atoms. The summed E-state index contributed by atoms with van der Waals surface area (Å²) in [6.45, 7) is 0.623. The number of hydrogen-bond donors (Lipinski definition) is 1. The molecular weight excluding hydrogens is 196 g/mol. The standard InChI is InChI=1S/C8H12N6O/c1-13-8(9-6-10-13)5-14-4-7(2-3-15)11-12-14/h4,6,15H,2-3,5H2,1H3. The fourth-order valence-electron chi connectivity index (χ4n) is 1.25. The summed E-state index contributed by atoms with van der Waals surface area (Å²) in [5.74, 6) is 0.815. The van der Waals surface area contributed by atoms with Gasteiger partial charge in [-0.1, -0.05) is 5.21 Å². The van der Waals surface area contributed by atoms with Gasteiger partial charge in [0.05, 0.1) is 5.69 Å². The molecule has 2 heterocycles. The van der Waals surface area contributed by atoms with E-state index in [0.29, 0.717) is 13.0 Å². The molecule has 0 unspecified atom stereocenters. The molecule has 0 saturated heterocycles. The van der Waals surface area contributed by atoms with Gasteiger partial charge >= 0.3 is 0 Å². The first-order chi connectivity index (χ1) is 7.29. The van der Waals surface area contributed by atoms with Gasteiger partial charge in [-0.25, -0.2) is 9.67 Å². The van der Waals surface area contributed by atoms with E-state index in [1.807, 2.05) is 7.05 Å². The maximum atomic E-state index is 8.73. The molecule has 0 atom stereocenters. The van der Waals surface area contributed by atoms with E-state index in [4.69, 9.17) is 5.11 Å². The Morgan fingerprint density at radius 3 is 3.00 bits per heavy atom. The van der Waals surface area contributed by atoms with Crippen LogP contribution in [0.1, 0.15) is 11.5 Å². The van der Waals surface area contributed by atoms with Gasteiger partial charge in [0.25, 0.3) is 0 Å². The molecule has 1 N–H and O–H groups in total. The van der Waals surface area contributed by atoms with Gasteiger partial charge in [-0.2, -0.15) is 5.10 Å². The lowest BCUT2D eigenvalue weighted by atomic mass is 10.3. The monoisotopic (exact) mass is 208 g/mol. The lowest BCUT2D eigenvalue weighted by Crippen LogP contribution is -2.07. The van der Waals surface area contributed by atoms with Crippen molar-refractivity contribution in [2.24, 2.45) is 7.05 Å². The number of aliphatic hydroxyl groups is 1. The summed E-state index contributed by atoms with van der Waals surface area (Å²) in [6, 6.07) is 0. The Morgan fingerprint density at radius 1 is 1.47 bits per heavy atom. The van der Waals surface area contributed by atoms with Crippen LogP contribution in [0.3, 0.4) is 0 Å². The molecule has 2 rings (SSSR count). The highest BCUT2D eigenvalue weighted by atomic mass is 16.3. The predicted octanol–water partition coefficient (Wildman–Crippen LogP) is -1.01. The highest BCUT2D eigenvalue weighted by Crippen LogP contribution is 1.98. The first kappa shape index (κ1) is 9.78. The van der Waals surface area contributed by atoms with Crippen LogP contribution in [0.5, 0.6) is 0 Å². The van der Waals surface area contributed by atoms with Crippen molar-refractivity contribution >= 4 is 0 Å². The van der Waals surface area contributed by atoms with Crippen molar-refractivity contribution in [1.29, 1.82) is 0 Å². The van der Waals surface area contributed by atoms with E-state index >= 15 is 0 Å². The van der Waals surface area contributed by atoms with E-state index in [9.17, 15) is 0 Å². The number of rotatable bonds is 4. The summed E-state index contributed by atoms with van der Waals surface area (Å²) < 4.78 is 3.36. The van der Waals surface area contributed by atoms with Gasteiger partial charge in [-0.05, 0) is 0 Å². The summed E-state index contributed by atoms with van der Waals surface area (Å²) in [4.78, 5) is 4.08. The smallest absolute Gasteiger partial charge is 0.148 e. The summed E-state index contributed by atoms with van der Waals surface area (Å²) in [5, 5.41) is 20.5. The molecule has 0 bridgehead atoms. The van der Waals surface area contributed by atoms with Gasteiger partial charge in [0.1, 0.15) is 18.7 Å². The first-order valence-electron chi connectivity index (χ1n) is 4.62. The molecule has 0 aliphatic carbocycles. The van der Waals surface area contributed by atoms with Crippen LogP contribution in [0.4, 0.5) is 0 Å². The van der Waals surface area contributed by atoms with Crippen LogP contribution >= 0.6 is 0 Å². The third-order valence-electron chi connectivity index (χ3n) is 2.06. The number of aromatic nitrogens is 6. The lowest BCUT2D eigenvalue weighted by Gasteiger charge is -1.98. The molecule has 0 radical (unpaired) electrons. The Balaban J connectivity index is 2.08. The van der Waals surface area contributed by atoms with E-state index < -0.39 is 0 Å². The van der Waals surface area contributed by atoms with Crippen molar-refractivity contribution in [2.45, 2.75) is 13.0 Å². The van der Waals surface area contributed by atoms with Crippen molar-refractivity contribution in [3.8, 4) is 0 Å². The molecule has 0 aromatic carbocycles. The number of hydrogen-bond acceptors (Lipinski definition) is 5. The van der Waals surface area contributed by atoms with Crippen LogP contribution in [0.25, 0.3) is 0 Å². The quantitative estimate of drug-likeness (QED) is 0.696. The average Bonchev–Trinajstić information content (AvgIpc) is 2.79. The molecule has 0 amide bonds. The zero-order chi connectivity index (χ0) is 10.7. The zero-order valence-corrected chi connectivity index (χ0v) is 8.41. The SMILES string of the molecule is Cn1ncnc1Cn1cc(CCO)nn1. The maximum absolute atomic E-state index is 8.73. The van der Waals surface area contributed by atoms with Gasteiger partial charge in [-0.3, -0.25) is 4.68 Å². The molecule has 0 saturated carbocycles. The molecule has 0 fully saturated rings. The fraction of sp³-hybridized carbons (Fsp3) is 0.500. The van der Waals surface area contributed by atoms with Gasteiger partial charge in [-0.15, -0.1) is 5.10 Å². The van der Waals surface area contributed by atoms with E-state index in [1.54, 1.807) is 15.6 Å². The predicted molar refractivity (Wildman–Crippen MR) is 50.9 cm³/mol. The molecule has 2 aromatic rings. The summed E-state index contributed by atoms with van der Waals surface area (Å²) in [5.41, 5.74) is 0.777. The van der Waals surface area contributed by atoms with Crippen LogP contribution in [0, 0.1) is 0 Å². The number of aryl methyl sites for hydroxylation is 1. The van der Waals surface area contributed by atoms with Crippen LogP contribution < -0.4 is 0 Å². The van der Waals surface area contributed by atoms with E-state index in [2.05, 4.69) is 20.4 Å². The van der Waals surface area contributed by atoms with Crippen LogP contribution in [-0.2, 0) is 20.0 Å². The zero-order valence-electron chi connectivity index (χ0n) is 8.41. The minimum atomic E-state index is 0.0860. The Bertz CT molecular complexity index is 434. The van der Waals surface area contributed by atoms with Crippen molar-refractivity contribution in [2.75, 3.05) is 6.61 Å². The van der Waals surface area contributed by atoms with Gasteiger partial charge in [0.2, 0.25) is 0 Å². The largest absolute Gasteiger partial charge is 0.396 e. The second-order valence-corrected chi connectivity index (χ2v) is 3.18. The second kappa shape index (κ2) is 4.18. The Kier molecular flexibility index (Phi) is 2.72. The lowest BCUT2D eigenvalue weighted by molar-refractivity contribution is 0.298. The number of nitrogens with zero attached hydrogens (tertiary/aromatic N) is 6. The van der Waals surface area contributed by atoms with Crippen molar-refractivity contribution in [3.63, 3.8) is 0 Å². The third kappa shape index (κ3) is 2.18. The summed E-state index contributed by atoms with van der Waals surface area (Å²) in [7, 11) is 1.83. The molecule has 7 nitrogen and oxygen atoms in total. The molecule has 0 aliphatic heterocycles. The van der Waals surface area contributed by atoms with E-state index in [0.717, 1.165) is 11.5 Å². The van der Waals surface area contributed by atoms with Crippen molar-refractivity contribution in [3.05, 3.63) is 24.0 Å². The average molecular weight is 208 g/mol. The molecule has 7 heteroatoms.